The Hall–Kier alpha value is -1.61. The highest BCUT2D eigenvalue weighted by Crippen LogP contribution is 2.28. The zero-order valence-electron chi connectivity index (χ0n) is 14.8. The molecule has 0 saturated heterocycles. The Balaban J connectivity index is 1.98. The first-order chi connectivity index (χ1) is 12.6. The Kier molecular flexibility index (Phi) is 7.27. The molecule has 0 aromatic heterocycles. The third-order valence-corrected chi connectivity index (χ3v) is 6.63. The molecule has 27 heavy (non-hydrogen) atoms. The van der Waals surface area contributed by atoms with Crippen molar-refractivity contribution in [2.75, 3.05) is 12.3 Å². The second-order valence-electron chi connectivity index (χ2n) is 6.92. The zero-order valence-corrected chi connectivity index (χ0v) is 15.7. The van der Waals surface area contributed by atoms with E-state index >= 15 is 0 Å². The smallest absolute Gasteiger partial charge is 0.388 e. The van der Waals surface area contributed by atoms with E-state index in [-0.39, 0.29) is 29.5 Å². The molecule has 152 valence electrons. The van der Waals surface area contributed by atoms with Gasteiger partial charge in [0.2, 0.25) is 0 Å². The maximum atomic E-state index is 12.6. The Morgan fingerprint density at radius 3 is 2.52 bits per heavy atom. The number of aliphatic hydroxyl groups is 1. The van der Waals surface area contributed by atoms with Crippen LogP contribution < -0.4 is 5.32 Å². The number of benzene rings is 1. The van der Waals surface area contributed by atoms with Crippen LogP contribution in [0.15, 0.2) is 29.2 Å². The van der Waals surface area contributed by atoms with E-state index in [0.717, 1.165) is 32.1 Å². The van der Waals surface area contributed by atoms with Crippen molar-refractivity contribution in [1.29, 1.82) is 0 Å². The summed E-state index contributed by atoms with van der Waals surface area (Å²) < 4.78 is 61.6. The lowest BCUT2D eigenvalue weighted by Gasteiger charge is -2.21. The molecule has 1 atom stereocenters. The molecule has 1 fully saturated rings. The summed E-state index contributed by atoms with van der Waals surface area (Å²) in [6, 6.07) is 5.82. The van der Waals surface area contributed by atoms with Gasteiger partial charge in [-0.1, -0.05) is 31.4 Å². The first-order valence-electron chi connectivity index (χ1n) is 8.95. The number of halogens is 3. The third kappa shape index (κ3) is 6.49. The molecule has 1 unspecified atom stereocenters. The first kappa shape index (κ1) is 21.7. The van der Waals surface area contributed by atoms with Gasteiger partial charge in [-0.2, -0.15) is 13.2 Å². The van der Waals surface area contributed by atoms with Gasteiger partial charge in [0, 0.05) is 6.54 Å². The lowest BCUT2D eigenvalue weighted by atomic mass is 9.91. The van der Waals surface area contributed by atoms with Gasteiger partial charge in [-0.3, -0.25) is 4.79 Å². The summed E-state index contributed by atoms with van der Waals surface area (Å²) in [6.45, 7) is -0.376. The predicted octanol–water partition coefficient (Wildman–Crippen LogP) is 3.14. The van der Waals surface area contributed by atoms with E-state index in [4.69, 9.17) is 0 Å². The molecule has 1 aliphatic carbocycles. The number of rotatable bonds is 7. The van der Waals surface area contributed by atoms with Gasteiger partial charge in [0.1, 0.15) is 0 Å². The number of hydrogen-bond acceptors (Lipinski definition) is 4. The van der Waals surface area contributed by atoms with Crippen molar-refractivity contribution in [2.45, 2.75) is 55.7 Å². The van der Waals surface area contributed by atoms with Gasteiger partial charge in [-0.25, -0.2) is 8.42 Å². The molecule has 5 nitrogen and oxygen atoms in total. The van der Waals surface area contributed by atoms with Crippen LogP contribution in [0.1, 0.15) is 50.2 Å². The fourth-order valence-corrected chi connectivity index (χ4v) is 5.01. The monoisotopic (exact) mass is 407 g/mol. The van der Waals surface area contributed by atoms with Gasteiger partial charge in [0.15, 0.2) is 9.84 Å². The lowest BCUT2D eigenvalue weighted by molar-refractivity contribution is -0.173. The van der Waals surface area contributed by atoms with Crippen LogP contribution in [-0.4, -0.2) is 37.9 Å². The highest BCUT2D eigenvalue weighted by atomic mass is 32.2. The van der Waals surface area contributed by atoms with Gasteiger partial charge >= 0.3 is 12.1 Å². The number of amides is 1. The Bertz CT molecular complexity index is 743. The zero-order chi connectivity index (χ0) is 20.1. The maximum absolute atomic E-state index is 12.6. The molecule has 2 rings (SSSR count). The maximum Gasteiger partial charge on any atom is 0.471 e. The van der Waals surface area contributed by atoms with Crippen molar-refractivity contribution >= 4 is 15.7 Å². The van der Waals surface area contributed by atoms with Crippen LogP contribution in [0, 0.1) is 5.92 Å². The van der Waals surface area contributed by atoms with Gasteiger partial charge in [-0.15, -0.1) is 0 Å². The molecule has 1 aromatic rings. The van der Waals surface area contributed by atoms with Gasteiger partial charge in [-0.05, 0) is 42.9 Å². The van der Waals surface area contributed by atoms with Gasteiger partial charge in [0.05, 0.1) is 16.8 Å². The van der Waals surface area contributed by atoms with Crippen molar-refractivity contribution in [1.82, 2.24) is 5.32 Å². The van der Waals surface area contributed by atoms with Crippen molar-refractivity contribution in [3.8, 4) is 0 Å². The van der Waals surface area contributed by atoms with Crippen LogP contribution in [0.2, 0.25) is 0 Å². The average molecular weight is 407 g/mol. The number of carbonyl (C=O) groups is 1. The predicted molar refractivity (Wildman–Crippen MR) is 93.7 cm³/mol. The normalized spacial score (nSPS) is 17.5. The number of nitrogens with one attached hydrogen (secondary N) is 1. The molecule has 1 aliphatic rings. The number of carbonyl (C=O) groups excluding carboxylic acids is 1. The SMILES string of the molecule is O=C(NCCC(O)c1cccc(S(=O)(=O)CC2CCCCC2)c1)C(F)(F)F. The van der Waals surface area contributed by atoms with Crippen molar-refractivity contribution in [2.24, 2.45) is 5.92 Å². The summed E-state index contributed by atoms with van der Waals surface area (Å²) in [4.78, 5) is 10.9. The molecule has 0 heterocycles. The average Bonchev–Trinajstić information content (AvgIpc) is 2.61. The van der Waals surface area contributed by atoms with Crippen LogP contribution in [0.5, 0.6) is 0 Å². The topological polar surface area (TPSA) is 83.5 Å². The minimum Gasteiger partial charge on any atom is -0.388 e. The van der Waals surface area contributed by atoms with Crippen LogP contribution in [0.4, 0.5) is 13.2 Å². The standard InChI is InChI=1S/C18H24F3NO4S/c19-18(20,21)17(24)22-10-9-16(23)14-7-4-8-15(11-14)27(25,26)12-13-5-2-1-3-6-13/h4,7-8,11,13,16,23H,1-3,5-6,9-10,12H2,(H,22,24). The summed E-state index contributed by atoms with van der Waals surface area (Å²) in [5.41, 5.74) is 0.293. The number of sulfone groups is 1. The van der Waals surface area contributed by atoms with E-state index in [1.54, 1.807) is 5.32 Å². The minimum atomic E-state index is -4.97. The summed E-state index contributed by atoms with van der Waals surface area (Å²) in [6.07, 6.45) is -1.34. The van der Waals surface area contributed by atoms with Crippen LogP contribution in [0.25, 0.3) is 0 Å². The summed E-state index contributed by atoms with van der Waals surface area (Å²) >= 11 is 0. The molecule has 0 spiro atoms. The first-order valence-corrected chi connectivity index (χ1v) is 10.6. The number of alkyl halides is 3. The van der Waals surface area contributed by atoms with E-state index in [1.165, 1.54) is 24.3 Å². The highest BCUT2D eigenvalue weighted by molar-refractivity contribution is 7.91. The lowest BCUT2D eigenvalue weighted by Crippen LogP contribution is -2.37. The molecular formula is C18H24F3NO4S. The second kappa shape index (κ2) is 9.05. The quantitative estimate of drug-likeness (QED) is 0.727. The van der Waals surface area contributed by atoms with E-state index in [9.17, 15) is 31.5 Å². The summed E-state index contributed by atoms with van der Waals surface area (Å²) in [5.74, 6) is -1.87. The molecule has 1 amide bonds. The van der Waals surface area contributed by atoms with Crippen molar-refractivity contribution < 1.29 is 31.5 Å². The second-order valence-corrected chi connectivity index (χ2v) is 8.95. The molecular weight excluding hydrogens is 383 g/mol. The number of hydrogen-bond donors (Lipinski definition) is 2. The molecule has 2 N–H and O–H groups in total. The molecule has 0 aliphatic heterocycles. The van der Waals surface area contributed by atoms with Gasteiger partial charge < -0.3 is 10.4 Å². The Labute approximate surface area is 156 Å². The van der Waals surface area contributed by atoms with Crippen LogP contribution >= 0.6 is 0 Å². The van der Waals surface area contributed by atoms with E-state index < -0.39 is 28.0 Å². The Morgan fingerprint density at radius 2 is 1.89 bits per heavy atom. The van der Waals surface area contributed by atoms with Gasteiger partial charge in [0.25, 0.3) is 0 Å². The van der Waals surface area contributed by atoms with Crippen LogP contribution in [-0.2, 0) is 14.6 Å². The van der Waals surface area contributed by atoms with E-state index in [0.29, 0.717) is 5.56 Å². The molecule has 1 aromatic carbocycles. The molecule has 0 radical (unpaired) electrons. The fraction of sp³-hybridized carbons (Fsp3) is 0.611. The Morgan fingerprint density at radius 1 is 1.22 bits per heavy atom. The molecule has 1 saturated carbocycles. The summed E-state index contributed by atoms with van der Waals surface area (Å²) in [5, 5.41) is 11.8. The van der Waals surface area contributed by atoms with Crippen molar-refractivity contribution in [3.05, 3.63) is 29.8 Å². The van der Waals surface area contributed by atoms with Crippen LogP contribution in [0.3, 0.4) is 0 Å². The molecule has 0 bridgehead atoms. The summed E-state index contributed by atoms with van der Waals surface area (Å²) in [7, 11) is -3.50. The molecule has 9 heteroatoms. The van der Waals surface area contributed by atoms with E-state index in [2.05, 4.69) is 0 Å². The largest absolute Gasteiger partial charge is 0.471 e. The highest BCUT2D eigenvalue weighted by Gasteiger charge is 2.38. The van der Waals surface area contributed by atoms with Crippen molar-refractivity contribution in [3.63, 3.8) is 0 Å². The number of aliphatic hydroxyl groups excluding tert-OH is 1. The van der Waals surface area contributed by atoms with E-state index in [1.807, 2.05) is 0 Å². The fourth-order valence-electron chi connectivity index (χ4n) is 3.26. The minimum absolute atomic E-state index is 0.0637. The third-order valence-electron chi connectivity index (χ3n) is 4.74.